The van der Waals surface area contributed by atoms with E-state index in [0.717, 1.165) is 24.5 Å². The van der Waals surface area contributed by atoms with Gasteiger partial charge >= 0.3 is 18.0 Å². The molecule has 0 atom stereocenters. The summed E-state index contributed by atoms with van der Waals surface area (Å²) in [5.74, 6) is -2.29. The van der Waals surface area contributed by atoms with Crippen LogP contribution >= 0.6 is 0 Å². The highest BCUT2D eigenvalue weighted by molar-refractivity contribution is 6.07. The highest BCUT2D eigenvalue weighted by atomic mass is 19.4. The number of rotatable bonds is 2. The first-order valence-corrected chi connectivity index (χ1v) is 6.59. The number of hydrogen-bond donors (Lipinski definition) is 0. The van der Waals surface area contributed by atoms with Crippen molar-refractivity contribution >= 4 is 11.8 Å². The lowest BCUT2D eigenvalue weighted by Gasteiger charge is -2.33. The van der Waals surface area contributed by atoms with Gasteiger partial charge < -0.3 is 9.15 Å². The van der Waals surface area contributed by atoms with E-state index < -0.39 is 35.6 Å². The molecular formula is C14H7F6N3O2. The van der Waals surface area contributed by atoms with Crippen molar-refractivity contribution < 1.29 is 35.5 Å². The molecule has 11 heteroatoms. The van der Waals surface area contributed by atoms with Crippen LogP contribution in [0.15, 0.2) is 57.3 Å². The molecule has 3 heterocycles. The Labute approximate surface area is 135 Å². The Morgan fingerprint density at radius 2 is 1.44 bits per heavy atom. The second-order valence-corrected chi connectivity index (χ2v) is 4.82. The Morgan fingerprint density at radius 1 is 0.840 bits per heavy atom. The molecule has 0 N–H and O–H groups in total. The molecule has 3 rings (SSSR count). The second-order valence-electron chi connectivity index (χ2n) is 4.82. The van der Waals surface area contributed by atoms with E-state index >= 15 is 0 Å². The second kappa shape index (κ2) is 5.60. The van der Waals surface area contributed by atoms with Crippen LogP contribution in [0, 0.1) is 0 Å². The van der Waals surface area contributed by atoms with Gasteiger partial charge in [-0.05, 0) is 24.3 Å². The van der Waals surface area contributed by atoms with Gasteiger partial charge in [-0.15, -0.1) is 0 Å². The van der Waals surface area contributed by atoms with Crippen LogP contribution in [-0.4, -0.2) is 34.8 Å². The van der Waals surface area contributed by atoms with Gasteiger partial charge in [0.05, 0.1) is 6.26 Å². The third kappa shape index (κ3) is 2.85. The highest BCUT2D eigenvalue weighted by Crippen LogP contribution is 2.49. The lowest BCUT2D eigenvalue weighted by atomic mass is 10.1. The Morgan fingerprint density at radius 3 is 1.96 bits per heavy atom. The highest BCUT2D eigenvalue weighted by Gasteiger charge is 2.74. The van der Waals surface area contributed by atoms with E-state index in [0.29, 0.717) is 0 Å². The maximum absolute atomic E-state index is 13.4. The normalized spacial score (nSPS) is 17.5. The summed E-state index contributed by atoms with van der Waals surface area (Å²) in [6.45, 7) is 0. The van der Waals surface area contributed by atoms with Crippen LogP contribution in [0.3, 0.4) is 0 Å². The Hall–Kier alpha value is -2.85. The quantitative estimate of drug-likeness (QED) is 0.764. The number of furan rings is 1. The van der Waals surface area contributed by atoms with Gasteiger partial charge in [0.25, 0.3) is 5.90 Å². The lowest BCUT2D eigenvalue weighted by Crippen LogP contribution is -2.56. The molecule has 2 aromatic heterocycles. The van der Waals surface area contributed by atoms with E-state index in [2.05, 4.69) is 15.0 Å². The zero-order chi connectivity index (χ0) is 18.3. The largest absolute Gasteiger partial charge is 0.459 e. The number of hydrogen-bond acceptors (Lipinski definition) is 5. The van der Waals surface area contributed by atoms with Crippen LogP contribution in [0.4, 0.5) is 26.3 Å². The molecule has 132 valence electrons. The fourth-order valence-corrected chi connectivity index (χ4v) is 1.99. The standard InChI is InChI=1S/C14H7F6N3O2/c15-13(16,17)12(14(18,19)20)22-10(8-3-5-21-6-4-8)25-11(23-12)9-2-1-7-24-9/h1-7H. The van der Waals surface area contributed by atoms with Crippen LogP contribution in [0.2, 0.25) is 0 Å². The van der Waals surface area contributed by atoms with Gasteiger partial charge in [-0.1, -0.05) is 0 Å². The summed E-state index contributed by atoms with van der Waals surface area (Å²) < 4.78 is 90.0. The average Bonchev–Trinajstić information content (AvgIpc) is 3.07. The number of ether oxygens (including phenoxy) is 1. The number of alkyl halides is 6. The number of pyridine rings is 1. The van der Waals surface area contributed by atoms with Crippen molar-refractivity contribution in [3.05, 3.63) is 54.2 Å². The van der Waals surface area contributed by atoms with Crippen molar-refractivity contribution in [1.29, 1.82) is 0 Å². The molecule has 0 saturated heterocycles. The zero-order valence-corrected chi connectivity index (χ0v) is 12.0. The smallest absolute Gasteiger partial charge is 0.443 e. The lowest BCUT2D eigenvalue weighted by molar-refractivity contribution is -0.293. The minimum atomic E-state index is -5.86. The number of halogens is 6. The van der Waals surface area contributed by atoms with E-state index in [1.807, 2.05) is 0 Å². The summed E-state index contributed by atoms with van der Waals surface area (Å²) in [6, 6.07) is 4.69. The first-order valence-electron chi connectivity index (χ1n) is 6.59. The SMILES string of the molecule is FC(F)(F)C1(C(F)(F)F)N=C(c2ccncc2)OC(c2ccco2)=N1. The predicted molar refractivity (Wildman–Crippen MR) is 71.9 cm³/mol. The van der Waals surface area contributed by atoms with Crippen molar-refractivity contribution in [2.24, 2.45) is 9.98 Å². The molecule has 1 aliphatic heterocycles. The van der Waals surface area contributed by atoms with Gasteiger partial charge in [0.2, 0.25) is 5.90 Å². The Bertz CT molecular complexity index is 795. The first kappa shape index (κ1) is 17.0. The topological polar surface area (TPSA) is 60.0 Å². The van der Waals surface area contributed by atoms with Gasteiger partial charge in [0.15, 0.2) is 5.76 Å². The molecule has 25 heavy (non-hydrogen) atoms. The molecule has 0 radical (unpaired) electrons. The van der Waals surface area contributed by atoms with Crippen LogP contribution in [0.5, 0.6) is 0 Å². The third-order valence-corrected chi connectivity index (χ3v) is 3.17. The van der Waals surface area contributed by atoms with Gasteiger partial charge in [-0.25, -0.2) is 4.99 Å². The summed E-state index contributed by atoms with van der Waals surface area (Å²) in [7, 11) is 0. The minimum absolute atomic E-state index is 0.133. The summed E-state index contributed by atoms with van der Waals surface area (Å²) >= 11 is 0. The maximum Gasteiger partial charge on any atom is 0.443 e. The van der Waals surface area contributed by atoms with Crippen LogP contribution in [0.1, 0.15) is 11.3 Å². The fourth-order valence-electron chi connectivity index (χ4n) is 1.99. The summed E-state index contributed by atoms with van der Waals surface area (Å²) in [5, 5.41) is 0. The summed E-state index contributed by atoms with van der Waals surface area (Å²) in [6.07, 6.45) is -8.32. The molecule has 5 nitrogen and oxygen atoms in total. The number of aromatic nitrogens is 1. The van der Waals surface area contributed by atoms with Gasteiger partial charge in [0, 0.05) is 18.0 Å². The summed E-state index contributed by atoms with van der Waals surface area (Å²) in [5.41, 5.74) is -4.84. The fraction of sp³-hybridized carbons (Fsp3) is 0.214. The maximum atomic E-state index is 13.4. The molecule has 0 fully saturated rings. The molecule has 0 bridgehead atoms. The number of aliphatic imine (C=N–C) groups is 2. The van der Waals surface area contributed by atoms with E-state index in [1.54, 1.807) is 0 Å². The molecule has 0 aromatic carbocycles. The van der Waals surface area contributed by atoms with Crippen molar-refractivity contribution in [1.82, 2.24) is 4.98 Å². The molecule has 0 aliphatic carbocycles. The minimum Gasteiger partial charge on any atom is -0.459 e. The van der Waals surface area contributed by atoms with Crippen molar-refractivity contribution in [2.75, 3.05) is 0 Å². The van der Waals surface area contributed by atoms with E-state index in [1.165, 1.54) is 18.5 Å². The van der Waals surface area contributed by atoms with Crippen molar-refractivity contribution in [2.45, 2.75) is 18.0 Å². The van der Waals surface area contributed by atoms with Crippen molar-refractivity contribution in [3.63, 3.8) is 0 Å². The van der Waals surface area contributed by atoms with E-state index in [4.69, 9.17) is 9.15 Å². The summed E-state index contributed by atoms with van der Waals surface area (Å²) in [4.78, 5) is 9.13. The van der Waals surface area contributed by atoms with Gasteiger partial charge in [0.1, 0.15) is 0 Å². The van der Waals surface area contributed by atoms with E-state index in [9.17, 15) is 26.3 Å². The molecule has 0 unspecified atom stereocenters. The van der Waals surface area contributed by atoms with Gasteiger partial charge in [-0.3, -0.25) is 4.98 Å². The molecule has 0 spiro atoms. The van der Waals surface area contributed by atoms with Crippen LogP contribution in [-0.2, 0) is 4.74 Å². The Kier molecular flexibility index (Phi) is 3.81. The van der Waals surface area contributed by atoms with Crippen molar-refractivity contribution in [3.8, 4) is 0 Å². The monoisotopic (exact) mass is 363 g/mol. The van der Waals surface area contributed by atoms with Crippen LogP contribution < -0.4 is 0 Å². The molecule has 0 saturated carbocycles. The first-order chi connectivity index (χ1) is 11.6. The zero-order valence-electron chi connectivity index (χ0n) is 12.0. The number of nitrogens with zero attached hydrogens (tertiary/aromatic N) is 3. The molecule has 0 amide bonds. The molecule has 2 aromatic rings. The third-order valence-electron chi connectivity index (χ3n) is 3.17. The van der Waals surface area contributed by atoms with E-state index in [-0.39, 0.29) is 5.56 Å². The predicted octanol–water partition coefficient (Wildman–Crippen LogP) is 3.72. The molecule has 1 aliphatic rings. The average molecular weight is 363 g/mol. The van der Waals surface area contributed by atoms with Gasteiger partial charge in [-0.2, -0.15) is 31.3 Å². The van der Waals surface area contributed by atoms with Crippen LogP contribution in [0.25, 0.3) is 0 Å². The Balaban J connectivity index is 2.24. The molecular weight excluding hydrogens is 356 g/mol.